The maximum Gasteiger partial charge on any atom is 0.272 e. The summed E-state index contributed by atoms with van der Waals surface area (Å²) in [5.74, 6) is -0.0103. The molecule has 124 valence electrons. The van der Waals surface area contributed by atoms with Crippen LogP contribution in [-0.2, 0) is 11.2 Å². The fraction of sp³-hybridized carbons (Fsp3) is 0.368. The highest BCUT2D eigenvalue weighted by molar-refractivity contribution is 5.92. The molecular formula is C19H21N3O2. The molecule has 0 bridgehead atoms. The smallest absolute Gasteiger partial charge is 0.272 e. The highest BCUT2D eigenvalue weighted by atomic mass is 16.5. The summed E-state index contributed by atoms with van der Waals surface area (Å²) in [6.45, 7) is 3.47. The quantitative estimate of drug-likeness (QED) is 0.852. The van der Waals surface area contributed by atoms with Crippen molar-refractivity contribution < 1.29 is 9.53 Å². The molecule has 5 heteroatoms. The van der Waals surface area contributed by atoms with E-state index in [1.165, 1.54) is 11.3 Å². The van der Waals surface area contributed by atoms with Gasteiger partial charge in [0.1, 0.15) is 5.69 Å². The number of amides is 1. The molecule has 1 fully saturated rings. The number of para-hydroxylation sites is 1. The standard InChI is InChI=1S/C19H21N3O2/c23-19(21-10-12-24-13-11-21)17-8-7-16(14-20-17)22-9-3-5-15-4-1-2-6-18(15)22/h1-2,4,6-8,14H,3,5,9-13H2. The van der Waals surface area contributed by atoms with Crippen LogP contribution < -0.4 is 4.90 Å². The van der Waals surface area contributed by atoms with Crippen molar-refractivity contribution in [3.8, 4) is 0 Å². The van der Waals surface area contributed by atoms with Crippen LogP contribution in [0.15, 0.2) is 42.6 Å². The van der Waals surface area contributed by atoms with E-state index in [2.05, 4.69) is 34.1 Å². The van der Waals surface area contributed by atoms with Gasteiger partial charge in [0.15, 0.2) is 0 Å². The summed E-state index contributed by atoms with van der Waals surface area (Å²) in [5, 5.41) is 0. The molecule has 24 heavy (non-hydrogen) atoms. The third kappa shape index (κ3) is 2.87. The molecule has 0 N–H and O–H groups in total. The molecule has 1 aromatic heterocycles. The lowest BCUT2D eigenvalue weighted by Crippen LogP contribution is -2.41. The predicted octanol–water partition coefficient (Wildman–Crippen LogP) is 2.64. The number of aryl methyl sites for hydroxylation is 1. The first-order valence-corrected chi connectivity index (χ1v) is 8.51. The molecule has 0 aliphatic carbocycles. The first-order valence-electron chi connectivity index (χ1n) is 8.51. The van der Waals surface area contributed by atoms with Gasteiger partial charge >= 0.3 is 0 Å². The first kappa shape index (κ1) is 15.1. The van der Waals surface area contributed by atoms with Crippen LogP contribution in [0.2, 0.25) is 0 Å². The lowest BCUT2D eigenvalue weighted by molar-refractivity contribution is 0.0299. The largest absolute Gasteiger partial charge is 0.378 e. The van der Waals surface area contributed by atoms with Gasteiger partial charge in [0.25, 0.3) is 5.91 Å². The summed E-state index contributed by atoms with van der Waals surface area (Å²) < 4.78 is 5.30. The maximum atomic E-state index is 12.5. The van der Waals surface area contributed by atoms with Gasteiger partial charge in [-0.1, -0.05) is 18.2 Å². The second kappa shape index (κ2) is 6.61. The van der Waals surface area contributed by atoms with E-state index >= 15 is 0 Å². The Hall–Kier alpha value is -2.40. The molecule has 1 amide bonds. The Bertz CT molecular complexity index is 724. The third-order valence-electron chi connectivity index (χ3n) is 4.69. The SMILES string of the molecule is O=C(c1ccc(N2CCCc3ccccc32)cn1)N1CCOCC1. The number of carbonyl (C=O) groups is 1. The van der Waals surface area contributed by atoms with Crippen LogP contribution >= 0.6 is 0 Å². The van der Waals surface area contributed by atoms with Crippen molar-refractivity contribution in [3.63, 3.8) is 0 Å². The van der Waals surface area contributed by atoms with Crippen LogP contribution in [0.3, 0.4) is 0 Å². The minimum atomic E-state index is -0.0103. The van der Waals surface area contributed by atoms with Crippen molar-refractivity contribution in [3.05, 3.63) is 53.9 Å². The van der Waals surface area contributed by atoms with Crippen LogP contribution in [-0.4, -0.2) is 48.6 Å². The van der Waals surface area contributed by atoms with E-state index in [-0.39, 0.29) is 5.91 Å². The Morgan fingerprint density at radius 3 is 2.67 bits per heavy atom. The molecule has 0 atom stereocenters. The average molecular weight is 323 g/mol. The molecule has 0 spiro atoms. The van der Waals surface area contributed by atoms with E-state index in [1.54, 1.807) is 0 Å². The lowest BCUT2D eigenvalue weighted by Gasteiger charge is -2.31. The van der Waals surface area contributed by atoms with Gasteiger partial charge in [-0.3, -0.25) is 4.79 Å². The molecule has 0 unspecified atom stereocenters. The molecule has 3 heterocycles. The molecule has 1 saturated heterocycles. The van der Waals surface area contributed by atoms with Crippen LogP contribution in [0.5, 0.6) is 0 Å². The van der Waals surface area contributed by atoms with Crippen LogP contribution in [0.25, 0.3) is 0 Å². The van der Waals surface area contributed by atoms with Crippen LogP contribution in [0, 0.1) is 0 Å². The fourth-order valence-corrected chi connectivity index (χ4v) is 3.40. The summed E-state index contributed by atoms with van der Waals surface area (Å²) in [6.07, 6.45) is 4.06. The molecule has 4 rings (SSSR count). The number of ether oxygens (including phenoxy) is 1. The molecule has 0 saturated carbocycles. The Morgan fingerprint density at radius 2 is 1.88 bits per heavy atom. The minimum absolute atomic E-state index is 0.0103. The number of anilines is 2. The van der Waals surface area contributed by atoms with E-state index in [9.17, 15) is 4.79 Å². The second-order valence-electron chi connectivity index (χ2n) is 6.19. The van der Waals surface area contributed by atoms with Gasteiger partial charge in [-0.05, 0) is 36.6 Å². The lowest BCUT2D eigenvalue weighted by atomic mass is 10.0. The molecule has 2 aliphatic rings. The van der Waals surface area contributed by atoms with E-state index in [1.807, 2.05) is 23.2 Å². The first-order chi connectivity index (χ1) is 11.8. The van der Waals surface area contributed by atoms with Gasteiger partial charge in [-0.2, -0.15) is 0 Å². The second-order valence-corrected chi connectivity index (χ2v) is 6.19. The maximum absolute atomic E-state index is 12.5. The van der Waals surface area contributed by atoms with E-state index in [0.717, 1.165) is 25.1 Å². The van der Waals surface area contributed by atoms with Crippen molar-refractivity contribution in [1.82, 2.24) is 9.88 Å². The average Bonchev–Trinajstić information content (AvgIpc) is 2.68. The van der Waals surface area contributed by atoms with Crippen molar-refractivity contribution in [2.24, 2.45) is 0 Å². The van der Waals surface area contributed by atoms with Gasteiger partial charge in [-0.25, -0.2) is 4.98 Å². The molecule has 1 aromatic carbocycles. The van der Waals surface area contributed by atoms with E-state index in [4.69, 9.17) is 4.74 Å². The molecule has 5 nitrogen and oxygen atoms in total. The third-order valence-corrected chi connectivity index (χ3v) is 4.69. The van der Waals surface area contributed by atoms with Crippen LogP contribution in [0.4, 0.5) is 11.4 Å². The zero-order valence-corrected chi connectivity index (χ0v) is 13.6. The number of hydrogen-bond donors (Lipinski definition) is 0. The van der Waals surface area contributed by atoms with Crippen molar-refractivity contribution in [1.29, 1.82) is 0 Å². The molecular weight excluding hydrogens is 302 g/mol. The molecule has 2 aromatic rings. The topological polar surface area (TPSA) is 45.7 Å². The van der Waals surface area contributed by atoms with Gasteiger partial charge < -0.3 is 14.5 Å². The highest BCUT2D eigenvalue weighted by Gasteiger charge is 2.21. The molecule has 2 aliphatic heterocycles. The Balaban J connectivity index is 1.55. The summed E-state index contributed by atoms with van der Waals surface area (Å²) in [5.41, 5.74) is 4.17. The zero-order valence-electron chi connectivity index (χ0n) is 13.6. The van der Waals surface area contributed by atoms with Gasteiger partial charge in [-0.15, -0.1) is 0 Å². The fourth-order valence-electron chi connectivity index (χ4n) is 3.40. The normalized spacial score (nSPS) is 17.5. The van der Waals surface area contributed by atoms with Crippen molar-refractivity contribution in [2.75, 3.05) is 37.7 Å². The number of fused-ring (bicyclic) bond motifs is 1. The van der Waals surface area contributed by atoms with Gasteiger partial charge in [0, 0.05) is 25.3 Å². The molecule has 0 radical (unpaired) electrons. The number of rotatable bonds is 2. The Kier molecular flexibility index (Phi) is 4.17. The number of hydrogen-bond acceptors (Lipinski definition) is 4. The minimum Gasteiger partial charge on any atom is -0.378 e. The summed E-state index contributed by atoms with van der Waals surface area (Å²) in [4.78, 5) is 21.0. The van der Waals surface area contributed by atoms with Crippen molar-refractivity contribution in [2.45, 2.75) is 12.8 Å². The number of morpholine rings is 1. The summed E-state index contributed by atoms with van der Waals surface area (Å²) in [6, 6.07) is 12.3. The van der Waals surface area contributed by atoms with E-state index < -0.39 is 0 Å². The van der Waals surface area contributed by atoms with Gasteiger partial charge in [0.2, 0.25) is 0 Å². The summed E-state index contributed by atoms with van der Waals surface area (Å²) in [7, 11) is 0. The highest BCUT2D eigenvalue weighted by Crippen LogP contribution is 2.32. The number of carbonyl (C=O) groups excluding carboxylic acids is 1. The number of nitrogens with zero attached hydrogens (tertiary/aromatic N) is 3. The summed E-state index contributed by atoms with van der Waals surface area (Å²) >= 11 is 0. The Morgan fingerprint density at radius 1 is 1.04 bits per heavy atom. The van der Waals surface area contributed by atoms with E-state index in [0.29, 0.717) is 32.0 Å². The van der Waals surface area contributed by atoms with Crippen LogP contribution in [0.1, 0.15) is 22.5 Å². The number of pyridine rings is 1. The monoisotopic (exact) mass is 323 g/mol. The predicted molar refractivity (Wildman–Crippen MR) is 92.7 cm³/mol. The van der Waals surface area contributed by atoms with Gasteiger partial charge in [0.05, 0.1) is 25.1 Å². The number of aromatic nitrogens is 1. The zero-order chi connectivity index (χ0) is 16.4. The number of benzene rings is 1. The van der Waals surface area contributed by atoms with Crippen molar-refractivity contribution >= 4 is 17.3 Å². The Labute approximate surface area is 141 Å².